The molecule has 2 rings (SSSR count). The van der Waals surface area contributed by atoms with Crippen LogP contribution in [0.4, 0.5) is 4.39 Å². The maximum atomic E-state index is 13.9. The van der Waals surface area contributed by atoms with Crippen molar-refractivity contribution in [3.8, 4) is 0 Å². The summed E-state index contributed by atoms with van der Waals surface area (Å²) < 4.78 is 36.3. The summed E-state index contributed by atoms with van der Waals surface area (Å²) in [5.74, 6) is -0.882. The highest BCUT2D eigenvalue weighted by atomic mass is 32.2. The van der Waals surface area contributed by atoms with Crippen LogP contribution in [0.1, 0.15) is 43.5 Å². The number of likely N-dealkylation sites (tertiary alicyclic amines) is 1. The maximum Gasteiger partial charge on any atom is 0.254 e. The highest BCUT2D eigenvalue weighted by molar-refractivity contribution is 7.89. The largest absolute Gasteiger partial charge is 0.336 e. The van der Waals surface area contributed by atoms with Gasteiger partial charge >= 0.3 is 0 Å². The summed E-state index contributed by atoms with van der Waals surface area (Å²) in [5.41, 5.74) is 0.144. The van der Waals surface area contributed by atoms with Gasteiger partial charge < -0.3 is 4.90 Å². The molecule has 122 valence electrons. The summed E-state index contributed by atoms with van der Waals surface area (Å²) in [6, 6.07) is 3.39. The van der Waals surface area contributed by atoms with Crippen LogP contribution >= 0.6 is 0 Å². The molecule has 1 fully saturated rings. The minimum absolute atomic E-state index is 0.0819. The quantitative estimate of drug-likeness (QED) is 0.903. The van der Waals surface area contributed by atoms with Gasteiger partial charge in [-0.25, -0.2) is 17.9 Å². The van der Waals surface area contributed by atoms with E-state index in [0.29, 0.717) is 12.5 Å². The third-order valence-corrected chi connectivity index (χ3v) is 5.05. The van der Waals surface area contributed by atoms with Crippen LogP contribution in [-0.4, -0.2) is 31.8 Å². The van der Waals surface area contributed by atoms with E-state index in [1.165, 1.54) is 6.07 Å². The summed E-state index contributed by atoms with van der Waals surface area (Å²) >= 11 is 0. The molecule has 2 N–H and O–H groups in total. The number of carbonyl (C=O) groups is 1. The van der Waals surface area contributed by atoms with E-state index in [0.717, 1.165) is 31.4 Å². The number of hydrogen-bond acceptors (Lipinski definition) is 3. The molecule has 1 aliphatic heterocycles. The van der Waals surface area contributed by atoms with Gasteiger partial charge in [-0.2, -0.15) is 0 Å². The Morgan fingerprint density at radius 2 is 2.00 bits per heavy atom. The van der Waals surface area contributed by atoms with Crippen molar-refractivity contribution in [1.82, 2.24) is 4.90 Å². The first-order chi connectivity index (χ1) is 10.2. The molecular formula is C15H21FN2O3S. The zero-order valence-electron chi connectivity index (χ0n) is 12.8. The smallest absolute Gasteiger partial charge is 0.254 e. The van der Waals surface area contributed by atoms with Gasteiger partial charge in [-0.1, -0.05) is 13.3 Å². The summed E-state index contributed by atoms with van der Waals surface area (Å²) in [4.78, 5) is 13.7. The Kier molecular flexibility index (Phi) is 4.87. The predicted molar refractivity (Wildman–Crippen MR) is 81.3 cm³/mol. The minimum Gasteiger partial charge on any atom is -0.336 e. The Morgan fingerprint density at radius 3 is 2.59 bits per heavy atom. The average molecular weight is 328 g/mol. The number of carbonyl (C=O) groups excluding carboxylic acids is 1. The van der Waals surface area contributed by atoms with Crippen LogP contribution in [0.15, 0.2) is 23.1 Å². The topological polar surface area (TPSA) is 80.5 Å². The lowest BCUT2D eigenvalue weighted by atomic mass is 10.1. The van der Waals surface area contributed by atoms with E-state index in [1.54, 1.807) is 4.90 Å². The normalized spacial score (nSPS) is 23.2. The maximum absolute atomic E-state index is 13.9. The Balaban J connectivity index is 2.31. The summed E-state index contributed by atoms with van der Waals surface area (Å²) in [6.07, 6.45) is 3.03. The second-order valence-corrected chi connectivity index (χ2v) is 7.56. The van der Waals surface area contributed by atoms with E-state index in [-0.39, 0.29) is 17.5 Å². The van der Waals surface area contributed by atoms with Crippen molar-refractivity contribution in [2.45, 2.75) is 44.0 Å². The number of benzene rings is 1. The SMILES string of the molecule is CC1CCCC(C)N(C(=O)c2ccc(S(N)(=O)=O)c(F)c2)C1. The van der Waals surface area contributed by atoms with Crippen LogP contribution in [0.25, 0.3) is 0 Å². The molecule has 7 heteroatoms. The van der Waals surface area contributed by atoms with Crippen molar-refractivity contribution < 1.29 is 17.6 Å². The van der Waals surface area contributed by atoms with Gasteiger partial charge in [0, 0.05) is 18.2 Å². The van der Waals surface area contributed by atoms with E-state index in [1.807, 2.05) is 6.92 Å². The molecule has 5 nitrogen and oxygen atoms in total. The van der Waals surface area contributed by atoms with Crippen molar-refractivity contribution in [1.29, 1.82) is 0 Å². The molecule has 0 spiro atoms. The number of halogens is 1. The van der Waals surface area contributed by atoms with Gasteiger partial charge in [-0.15, -0.1) is 0 Å². The van der Waals surface area contributed by atoms with E-state index >= 15 is 0 Å². The fraction of sp³-hybridized carbons (Fsp3) is 0.533. The molecule has 0 aromatic heterocycles. The van der Waals surface area contributed by atoms with Crippen molar-refractivity contribution in [3.63, 3.8) is 0 Å². The highest BCUT2D eigenvalue weighted by Gasteiger charge is 2.27. The zero-order valence-corrected chi connectivity index (χ0v) is 13.6. The number of hydrogen-bond donors (Lipinski definition) is 1. The molecule has 1 aromatic carbocycles. The van der Waals surface area contributed by atoms with Gasteiger partial charge in [-0.3, -0.25) is 4.79 Å². The fourth-order valence-corrected chi connectivity index (χ4v) is 3.43. The molecule has 1 heterocycles. The molecule has 0 radical (unpaired) electrons. The third-order valence-electron chi connectivity index (χ3n) is 4.11. The highest BCUT2D eigenvalue weighted by Crippen LogP contribution is 2.23. The Labute approximate surface area is 130 Å². The van der Waals surface area contributed by atoms with Crippen LogP contribution < -0.4 is 5.14 Å². The van der Waals surface area contributed by atoms with Gasteiger partial charge in [-0.05, 0) is 43.9 Å². The molecule has 2 atom stereocenters. The number of nitrogens with two attached hydrogens (primary N) is 1. The summed E-state index contributed by atoms with van der Waals surface area (Å²) in [5, 5.41) is 4.92. The van der Waals surface area contributed by atoms with Crippen molar-refractivity contribution >= 4 is 15.9 Å². The number of rotatable bonds is 2. The Morgan fingerprint density at radius 1 is 1.32 bits per heavy atom. The van der Waals surface area contributed by atoms with Gasteiger partial charge in [0.05, 0.1) is 0 Å². The van der Waals surface area contributed by atoms with Crippen LogP contribution in [0.2, 0.25) is 0 Å². The van der Waals surface area contributed by atoms with Crippen molar-refractivity contribution in [3.05, 3.63) is 29.6 Å². The second-order valence-electron chi connectivity index (χ2n) is 6.03. The molecule has 1 aromatic rings. The van der Waals surface area contributed by atoms with Crippen molar-refractivity contribution in [2.75, 3.05) is 6.54 Å². The lowest BCUT2D eigenvalue weighted by Crippen LogP contribution is -2.39. The molecular weight excluding hydrogens is 307 g/mol. The zero-order chi connectivity index (χ0) is 16.5. The molecule has 2 unspecified atom stereocenters. The Hall–Kier alpha value is -1.47. The van der Waals surface area contributed by atoms with Gasteiger partial charge in [0.15, 0.2) is 0 Å². The van der Waals surface area contributed by atoms with E-state index < -0.39 is 20.7 Å². The van der Waals surface area contributed by atoms with E-state index in [4.69, 9.17) is 5.14 Å². The first-order valence-electron chi connectivity index (χ1n) is 7.33. The molecule has 0 bridgehead atoms. The predicted octanol–water partition coefficient (Wildman–Crippen LogP) is 2.12. The molecule has 1 aliphatic rings. The standard InChI is InChI=1S/C15H21FN2O3S/c1-10-4-3-5-11(2)18(9-10)15(19)12-6-7-14(13(16)8-12)22(17,20)21/h6-8,10-11H,3-5,9H2,1-2H3,(H2,17,20,21). The van der Waals surface area contributed by atoms with Crippen LogP contribution in [-0.2, 0) is 10.0 Å². The second kappa shape index (κ2) is 6.34. The number of amides is 1. The molecule has 0 saturated carbocycles. The Bertz CT molecular complexity index is 675. The summed E-state index contributed by atoms with van der Waals surface area (Å²) in [6.45, 7) is 4.69. The lowest BCUT2D eigenvalue weighted by molar-refractivity contribution is 0.0677. The fourth-order valence-electron chi connectivity index (χ4n) is 2.84. The van der Waals surface area contributed by atoms with Crippen molar-refractivity contribution in [2.24, 2.45) is 11.1 Å². The first kappa shape index (κ1) is 16.9. The van der Waals surface area contributed by atoms with Crippen LogP contribution in [0, 0.1) is 11.7 Å². The lowest BCUT2D eigenvalue weighted by Gasteiger charge is -2.29. The molecule has 1 saturated heterocycles. The minimum atomic E-state index is -4.13. The van der Waals surface area contributed by atoms with Crippen LogP contribution in [0.3, 0.4) is 0 Å². The first-order valence-corrected chi connectivity index (χ1v) is 8.88. The van der Waals surface area contributed by atoms with E-state index in [9.17, 15) is 17.6 Å². The van der Waals surface area contributed by atoms with Gasteiger partial charge in [0.1, 0.15) is 10.7 Å². The molecule has 1 amide bonds. The van der Waals surface area contributed by atoms with Crippen LogP contribution in [0.5, 0.6) is 0 Å². The number of nitrogens with zero attached hydrogens (tertiary/aromatic N) is 1. The number of primary sulfonamides is 1. The molecule has 22 heavy (non-hydrogen) atoms. The molecule has 0 aliphatic carbocycles. The summed E-state index contributed by atoms with van der Waals surface area (Å²) in [7, 11) is -4.13. The van der Waals surface area contributed by atoms with E-state index in [2.05, 4.69) is 6.92 Å². The van der Waals surface area contributed by atoms with Gasteiger partial charge in [0.2, 0.25) is 10.0 Å². The number of sulfonamides is 1. The average Bonchev–Trinajstić information content (AvgIpc) is 2.58. The third kappa shape index (κ3) is 3.64. The van der Waals surface area contributed by atoms with Gasteiger partial charge in [0.25, 0.3) is 5.91 Å². The monoisotopic (exact) mass is 328 g/mol.